The van der Waals surface area contributed by atoms with Crippen molar-refractivity contribution in [1.29, 1.82) is 0 Å². The van der Waals surface area contributed by atoms with E-state index < -0.39 is 0 Å². The Hall–Kier alpha value is -3.41. The Kier molecular flexibility index (Phi) is 5.43. The van der Waals surface area contributed by atoms with Crippen molar-refractivity contribution in [2.24, 2.45) is 0 Å². The summed E-state index contributed by atoms with van der Waals surface area (Å²) >= 11 is 0. The van der Waals surface area contributed by atoms with Crippen LogP contribution in [-0.2, 0) is 0 Å². The molecule has 3 rings (SSSR count). The summed E-state index contributed by atoms with van der Waals surface area (Å²) in [5.74, 6) is 0.501. The van der Waals surface area contributed by atoms with Gasteiger partial charge in [0.15, 0.2) is 0 Å². The van der Waals surface area contributed by atoms with Crippen LogP contribution in [0.15, 0.2) is 66.9 Å². The number of hydrogen-bond donors (Lipinski definition) is 2. The van der Waals surface area contributed by atoms with Crippen molar-refractivity contribution in [1.82, 2.24) is 4.98 Å². The Morgan fingerprint density at radius 1 is 1.00 bits per heavy atom. The average Bonchev–Trinajstić information content (AvgIpc) is 2.66. The zero-order valence-corrected chi connectivity index (χ0v) is 14.2. The lowest BCUT2D eigenvalue weighted by molar-refractivity contribution is 0.102. The number of aromatic nitrogens is 1. The maximum atomic E-state index is 12.9. The minimum absolute atomic E-state index is 0.343. The molecule has 0 atom stereocenters. The maximum Gasteiger partial charge on any atom is 0.256 e. The molecule has 5 nitrogen and oxygen atoms in total. The molecule has 2 aromatic carbocycles. The maximum absolute atomic E-state index is 12.9. The van der Waals surface area contributed by atoms with Gasteiger partial charge in [0.25, 0.3) is 5.91 Å². The zero-order chi connectivity index (χ0) is 18.4. The lowest BCUT2D eigenvalue weighted by atomic mass is 10.2. The number of rotatable bonds is 6. The fraction of sp³-hybridized carbons (Fsp3) is 0.100. The van der Waals surface area contributed by atoms with Crippen LogP contribution in [0.1, 0.15) is 17.3 Å². The Morgan fingerprint density at radius 2 is 1.69 bits per heavy atom. The lowest BCUT2D eigenvalue weighted by Gasteiger charge is -2.09. The van der Waals surface area contributed by atoms with E-state index in [4.69, 9.17) is 4.74 Å². The first-order chi connectivity index (χ1) is 12.6. The van der Waals surface area contributed by atoms with Crippen LogP contribution < -0.4 is 15.4 Å². The van der Waals surface area contributed by atoms with Crippen molar-refractivity contribution in [3.05, 3.63) is 78.2 Å². The first-order valence-electron chi connectivity index (χ1n) is 8.17. The van der Waals surface area contributed by atoms with Crippen LogP contribution in [-0.4, -0.2) is 17.5 Å². The second kappa shape index (κ2) is 8.11. The molecule has 0 aliphatic rings. The summed E-state index contributed by atoms with van der Waals surface area (Å²) in [4.78, 5) is 16.3. The molecule has 0 radical (unpaired) electrons. The van der Waals surface area contributed by atoms with Crippen molar-refractivity contribution >= 4 is 23.1 Å². The van der Waals surface area contributed by atoms with Crippen molar-refractivity contribution in [3.63, 3.8) is 0 Å². The third kappa shape index (κ3) is 4.57. The standard InChI is InChI=1S/C20H18FN3O2/c1-2-26-18-10-7-16(8-11-18)23-17-9-12-19(22-13-17)24-20(25)14-3-5-15(21)6-4-14/h3-13,23H,2H2,1H3,(H,22,24,25). The zero-order valence-electron chi connectivity index (χ0n) is 14.2. The van der Waals surface area contributed by atoms with Gasteiger partial charge in [-0.2, -0.15) is 0 Å². The van der Waals surface area contributed by atoms with Crippen molar-refractivity contribution in [2.75, 3.05) is 17.2 Å². The lowest BCUT2D eigenvalue weighted by Crippen LogP contribution is -2.12. The van der Waals surface area contributed by atoms with Gasteiger partial charge in [-0.15, -0.1) is 0 Å². The largest absolute Gasteiger partial charge is 0.494 e. The number of nitrogens with zero attached hydrogens (tertiary/aromatic N) is 1. The molecular weight excluding hydrogens is 333 g/mol. The third-order valence-corrected chi connectivity index (χ3v) is 3.57. The summed E-state index contributed by atoms with van der Waals surface area (Å²) < 4.78 is 18.3. The Balaban J connectivity index is 1.61. The van der Waals surface area contributed by atoms with Gasteiger partial charge in [-0.3, -0.25) is 4.79 Å². The predicted octanol–water partition coefficient (Wildman–Crippen LogP) is 4.62. The highest BCUT2D eigenvalue weighted by atomic mass is 19.1. The molecule has 0 aliphatic heterocycles. The molecule has 0 saturated heterocycles. The van der Waals surface area contributed by atoms with E-state index in [0.29, 0.717) is 18.0 Å². The van der Waals surface area contributed by atoms with E-state index in [9.17, 15) is 9.18 Å². The van der Waals surface area contributed by atoms with Gasteiger partial charge in [-0.05, 0) is 67.6 Å². The topological polar surface area (TPSA) is 63.2 Å². The highest BCUT2D eigenvalue weighted by Crippen LogP contribution is 2.20. The third-order valence-electron chi connectivity index (χ3n) is 3.57. The number of anilines is 3. The molecule has 6 heteroatoms. The van der Waals surface area contributed by atoms with E-state index in [1.807, 2.05) is 37.3 Å². The highest BCUT2D eigenvalue weighted by Gasteiger charge is 2.07. The van der Waals surface area contributed by atoms with Gasteiger partial charge < -0.3 is 15.4 Å². The molecule has 0 spiro atoms. The van der Waals surface area contributed by atoms with Crippen molar-refractivity contribution < 1.29 is 13.9 Å². The Labute approximate surface area is 150 Å². The molecule has 1 aromatic heterocycles. The number of pyridine rings is 1. The van der Waals surface area contributed by atoms with Crippen LogP contribution in [0.25, 0.3) is 0 Å². The molecule has 26 heavy (non-hydrogen) atoms. The van der Waals surface area contributed by atoms with Gasteiger partial charge >= 0.3 is 0 Å². The summed E-state index contributed by atoms with van der Waals surface area (Å²) in [7, 11) is 0. The molecule has 132 valence electrons. The van der Waals surface area contributed by atoms with E-state index in [0.717, 1.165) is 17.1 Å². The number of benzene rings is 2. The second-order valence-corrected chi connectivity index (χ2v) is 5.48. The number of carbonyl (C=O) groups is 1. The highest BCUT2D eigenvalue weighted by molar-refractivity contribution is 6.03. The summed E-state index contributed by atoms with van der Waals surface area (Å²) in [6.07, 6.45) is 1.62. The van der Waals surface area contributed by atoms with E-state index >= 15 is 0 Å². The first-order valence-corrected chi connectivity index (χ1v) is 8.17. The summed E-state index contributed by atoms with van der Waals surface area (Å²) in [6.45, 7) is 2.57. The van der Waals surface area contributed by atoms with Gasteiger partial charge in [0, 0.05) is 11.3 Å². The molecule has 1 amide bonds. The molecule has 0 unspecified atom stereocenters. The molecule has 0 aliphatic carbocycles. The predicted molar refractivity (Wildman–Crippen MR) is 99.5 cm³/mol. The number of nitrogens with one attached hydrogen (secondary N) is 2. The SMILES string of the molecule is CCOc1ccc(Nc2ccc(NC(=O)c3ccc(F)cc3)nc2)cc1. The minimum Gasteiger partial charge on any atom is -0.494 e. The number of halogens is 1. The van der Waals surface area contributed by atoms with Gasteiger partial charge in [0.1, 0.15) is 17.4 Å². The summed E-state index contributed by atoms with van der Waals surface area (Å²) in [6, 6.07) is 16.4. The molecule has 1 heterocycles. The number of ether oxygens (including phenoxy) is 1. The quantitative estimate of drug-likeness (QED) is 0.680. The van der Waals surface area contributed by atoms with Gasteiger partial charge in [0.05, 0.1) is 18.5 Å². The smallest absolute Gasteiger partial charge is 0.256 e. The molecule has 0 saturated carbocycles. The first kappa shape index (κ1) is 17.4. The van der Waals surface area contributed by atoms with E-state index in [1.165, 1.54) is 24.3 Å². The molecule has 3 aromatic rings. The fourth-order valence-electron chi connectivity index (χ4n) is 2.30. The van der Waals surface area contributed by atoms with Gasteiger partial charge in [0.2, 0.25) is 0 Å². The number of carbonyl (C=O) groups excluding carboxylic acids is 1. The average molecular weight is 351 g/mol. The fourth-order valence-corrected chi connectivity index (χ4v) is 2.30. The van der Waals surface area contributed by atoms with E-state index in [1.54, 1.807) is 12.3 Å². The number of hydrogen-bond acceptors (Lipinski definition) is 4. The normalized spacial score (nSPS) is 10.2. The number of amides is 1. The second-order valence-electron chi connectivity index (χ2n) is 5.48. The molecule has 0 fully saturated rings. The van der Waals surface area contributed by atoms with Crippen LogP contribution >= 0.6 is 0 Å². The van der Waals surface area contributed by atoms with E-state index in [2.05, 4.69) is 15.6 Å². The van der Waals surface area contributed by atoms with Crippen LogP contribution in [0.2, 0.25) is 0 Å². The van der Waals surface area contributed by atoms with Gasteiger partial charge in [-0.1, -0.05) is 0 Å². The van der Waals surface area contributed by atoms with Crippen molar-refractivity contribution in [2.45, 2.75) is 6.92 Å². The van der Waals surface area contributed by atoms with Crippen LogP contribution in [0.4, 0.5) is 21.6 Å². The Morgan fingerprint density at radius 3 is 2.31 bits per heavy atom. The summed E-state index contributed by atoms with van der Waals surface area (Å²) in [5.41, 5.74) is 2.05. The van der Waals surface area contributed by atoms with Crippen LogP contribution in [0, 0.1) is 5.82 Å². The van der Waals surface area contributed by atoms with Crippen molar-refractivity contribution in [3.8, 4) is 5.75 Å². The van der Waals surface area contributed by atoms with Gasteiger partial charge in [-0.25, -0.2) is 9.37 Å². The molecular formula is C20H18FN3O2. The van der Waals surface area contributed by atoms with Crippen LogP contribution in [0.3, 0.4) is 0 Å². The minimum atomic E-state index is -0.385. The molecule has 2 N–H and O–H groups in total. The summed E-state index contributed by atoms with van der Waals surface area (Å²) in [5, 5.41) is 5.89. The monoisotopic (exact) mass is 351 g/mol. The Bertz CT molecular complexity index is 863. The van der Waals surface area contributed by atoms with E-state index in [-0.39, 0.29) is 11.7 Å². The van der Waals surface area contributed by atoms with Crippen LogP contribution in [0.5, 0.6) is 5.75 Å². The molecule has 0 bridgehead atoms.